The van der Waals surface area contributed by atoms with Crippen LogP contribution < -0.4 is 15.4 Å². The lowest BCUT2D eigenvalue weighted by atomic mass is 10.2. The topological polar surface area (TPSA) is 58.1 Å². The highest BCUT2D eigenvalue weighted by atomic mass is 127. The van der Waals surface area contributed by atoms with Crippen molar-refractivity contribution in [1.82, 2.24) is 15.5 Å². The maximum absolute atomic E-state index is 5.94. The fraction of sp³-hybridized carbons (Fsp3) is 0.571. The zero-order valence-corrected chi connectivity index (χ0v) is 19.1. The smallest absolute Gasteiger partial charge is 0.191 e. The van der Waals surface area contributed by atoms with Gasteiger partial charge in [0.1, 0.15) is 12.4 Å². The normalized spacial score (nSPS) is 18.0. The van der Waals surface area contributed by atoms with Crippen LogP contribution in [-0.2, 0) is 11.3 Å². The highest BCUT2D eigenvalue weighted by Crippen LogP contribution is 2.14. The summed E-state index contributed by atoms with van der Waals surface area (Å²) in [5.74, 6) is 1.79. The van der Waals surface area contributed by atoms with Crippen LogP contribution in [0.5, 0.6) is 5.75 Å². The van der Waals surface area contributed by atoms with Gasteiger partial charge >= 0.3 is 0 Å². The van der Waals surface area contributed by atoms with E-state index in [0.29, 0.717) is 19.2 Å². The number of nitrogens with zero attached hydrogens (tertiary/aromatic N) is 2. The van der Waals surface area contributed by atoms with Crippen LogP contribution in [-0.4, -0.2) is 62.9 Å². The first kappa shape index (κ1) is 23.0. The molecule has 2 aliphatic rings. The summed E-state index contributed by atoms with van der Waals surface area (Å²) >= 11 is 0. The molecule has 1 aromatic carbocycles. The predicted octanol–water partition coefficient (Wildman–Crippen LogP) is 2.79. The zero-order chi connectivity index (χ0) is 18.7. The summed E-state index contributed by atoms with van der Waals surface area (Å²) in [7, 11) is 0. The van der Waals surface area contributed by atoms with Crippen LogP contribution in [0, 0.1) is 0 Å². The van der Waals surface area contributed by atoms with E-state index < -0.39 is 0 Å². The SMILES string of the molecule is CCNC(=NCc1cccc(OCCN2CCOCC2)c1)NC1CC=CC1.I. The third kappa shape index (κ3) is 7.97. The lowest BCUT2D eigenvalue weighted by Gasteiger charge is -2.26. The molecule has 0 unspecified atom stereocenters. The fourth-order valence-corrected chi connectivity index (χ4v) is 3.27. The lowest BCUT2D eigenvalue weighted by Crippen LogP contribution is -2.42. The second kappa shape index (κ2) is 13.0. The summed E-state index contributed by atoms with van der Waals surface area (Å²) in [6.45, 7) is 8.86. The molecular weight excluding hydrogens is 467 g/mol. The van der Waals surface area contributed by atoms with E-state index in [2.05, 4.69) is 46.7 Å². The molecule has 0 amide bonds. The molecule has 1 fully saturated rings. The predicted molar refractivity (Wildman–Crippen MR) is 125 cm³/mol. The van der Waals surface area contributed by atoms with Crippen molar-refractivity contribution >= 4 is 29.9 Å². The number of hydrogen-bond donors (Lipinski definition) is 2. The molecule has 0 saturated carbocycles. The van der Waals surface area contributed by atoms with Gasteiger partial charge in [0.2, 0.25) is 0 Å². The summed E-state index contributed by atoms with van der Waals surface area (Å²) in [4.78, 5) is 7.11. The van der Waals surface area contributed by atoms with E-state index in [9.17, 15) is 0 Å². The molecule has 1 saturated heterocycles. The van der Waals surface area contributed by atoms with Gasteiger partial charge in [-0.05, 0) is 37.5 Å². The van der Waals surface area contributed by atoms with E-state index in [1.54, 1.807) is 0 Å². The Morgan fingerprint density at radius 1 is 1.25 bits per heavy atom. The molecule has 0 atom stereocenters. The van der Waals surface area contributed by atoms with Crippen molar-refractivity contribution in [1.29, 1.82) is 0 Å². The number of nitrogens with one attached hydrogen (secondary N) is 2. The van der Waals surface area contributed by atoms with Gasteiger partial charge in [-0.2, -0.15) is 0 Å². The summed E-state index contributed by atoms with van der Waals surface area (Å²) in [5, 5.41) is 6.83. The monoisotopic (exact) mass is 500 g/mol. The Morgan fingerprint density at radius 3 is 2.79 bits per heavy atom. The summed E-state index contributed by atoms with van der Waals surface area (Å²) in [5.41, 5.74) is 1.15. The number of hydrogen-bond acceptors (Lipinski definition) is 4. The molecule has 0 aromatic heterocycles. The highest BCUT2D eigenvalue weighted by molar-refractivity contribution is 14.0. The number of aliphatic imine (C=N–C) groups is 1. The van der Waals surface area contributed by atoms with Gasteiger partial charge in [-0.3, -0.25) is 4.90 Å². The minimum Gasteiger partial charge on any atom is -0.492 e. The average Bonchev–Trinajstić information content (AvgIpc) is 3.21. The summed E-state index contributed by atoms with van der Waals surface area (Å²) in [6.07, 6.45) is 6.58. The highest BCUT2D eigenvalue weighted by Gasteiger charge is 2.12. The van der Waals surface area contributed by atoms with Gasteiger partial charge < -0.3 is 20.1 Å². The molecule has 6 nitrogen and oxygen atoms in total. The molecule has 1 heterocycles. The van der Waals surface area contributed by atoms with Crippen molar-refractivity contribution in [2.45, 2.75) is 32.4 Å². The van der Waals surface area contributed by atoms with Crippen LogP contribution in [0.25, 0.3) is 0 Å². The van der Waals surface area contributed by atoms with E-state index in [1.165, 1.54) is 0 Å². The number of rotatable bonds is 8. The molecule has 1 aromatic rings. The van der Waals surface area contributed by atoms with Crippen molar-refractivity contribution < 1.29 is 9.47 Å². The largest absolute Gasteiger partial charge is 0.492 e. The van der Waals surface area contributed by atoms with Crippen LogP contribution in [0.3, 0.4) is 0 Å². The van der Waals surface area contributed by atoms with E-state index in [1.807, 2.05) is 12.1 Å². The van der Waals surface area contributed by atoms with E-state index in [0.717, 1.165) is 69.5 Å². The van der Waals surface area contributed by atoms with Gasteiger partial charge in [0.15, 0.2) is 5.96 Å². The van der Waals surface area contributed by atoms with Crippen LogP contribution in [0.15, 0.2) is 41.4 Å². The Labute approximate surface area is 185 Å². The fourth-order valence-electron chi connectivity index (χ4n) is 3.27. The van der Waals surface area contributed by atoms with Gasteiger partial charge in [-0.1, -0.05) is 24.3 Å². The first-order chi connectivity index (χ1) is 13.3. The van der Waals surface area contributed by atoms with Gasteiger partial charge in [-0.15, -0.1) is 24.0 Å². The average molecular weight is 500 g/mol. The summed E-state index contributed by atoms with van der Waals surface area (Å²) < 4.78 is 11.3. The van der Waals surface area contributed by atoms with Gasteiger partial charge in [0, 0.05) is 32.2 Å². The Balaban J connectivity index is 0.00000280. The molecule has 7 heteroatoms. The Kier molecular flexibility index (Phi) is 10.7. The van der Waals surface area contributed by atoms with Gasteiger partial charge in [0.25, 0.3) is 0 Å². The lowest BCUT2D eigenvalue weighted by molar-refractivity contribution is 0.0322. The first-order valence-electron chi connectivity index (χ1n) is 10.0. The van der Waals surface area contributed by atoms with Crippen LogP contribution >= 0.6 is 24.0 Å². The minimum atomic E-state index is 0. The number of halogens is 1. The van der Waals surface area contributed by atoms with Crippen molar-refractivity contribution in [2.75, 3.05) is 46.0 Å². The van der Waals surface area contributed by atoms with Crippen molar-refractivity contribution in [3.63, 3.8) is 0 Å². The Morgan fingerprint density at radius 2 is 2.04 bits per heavy atom. The number of morpholine rings is 1. The van der Waals surface area contributed by atoms with Crippen LogP contribution in [0.1, 0.15) is 25.3 Å². The maximum Gasteiger partial charge on any atom is 0.191 e. The number of guanidine groups is 1. The minimum absolute atomic E-state index is 0. The molecule has 0 radical (unpaired) electrons. The second-order valence-electron chi connectivity index (χ2n) is 6.93. The molecule has 0 spiro atoms. The second-order valence-corrected chi connectivity index (χ2v) is 6.93. The van der Waals surface area contributed by atoms with Gasteiger partial charge in [0.05, 0.1) is 19.8 Å². The van der Waals surface area contributed by atoms with E-state index in [4.69, 9.17) is 14.5 Å². The van der Waals surface area contributed by atoms with Crippen LogP contribution in [0.4, 0.5) is 0 Å². The van der Waals surface area contributed by atoms with Crippen molar-refractivity contribution in [3.8, 4) is 5.75 Å². The van der Waals surface area contributed by atoms with Crippen LogP contribution in [0.2, 0.25) is 0 Å². The third-order valence-corrected chi connectivity index (χ3v) is 4.79. The molecule has 156 valence electrons. The van der Waals surface area contributed by atoms with Crippen molar-refractivity contribution in [2.24, 2.45) is 4.99 Å². The number of ether oxygens (including phenoxy) is 2. The first-order valence-corrected chi connectivity index (χ1v) is 10.0. The standard InChI is InChI=1S/C21H32N4O2.HI/c1-2-22-21(24-19-7-3-4-8-19)23-17-18-6-5-9-20(16-18)27-15-12-25-10-13-26-14-11-25;/h3-6,9,16,19H,2,7-8,10-15,17H2,1H3,(H2,22,23,24);1H. The van der Waals surface area contributed by atoms with Crippen molar-refractivity contribution in [3.05, 3.63) is 42.0 Å². The Hall–Kier alpha value is -1.32. The molecule has 3 rings (SSSR count). The van der Waals surface area contributed by atoms with Gasteiger partial charge in [-0.25, -0.2) is 4.99 Å². The van der Waals surface area contributed by atoms with E-state index >= 15 is 0 Å². The molecule has 28 heavy (non-hydrogen) atoms. The quantitative estimate of drug-likeness (QED) is 0.249. The van der Waals surface area contributed by atoms with E-state index in [-0.39, 0.29) is 24.0 Å². The zero-order valence-electron chi connectivity index (χ0n) is 16.7. The molecule has 2 N–H and O–H groups in total. The molecular formula is C21H33IN4O2. The molecule has 1 aliphatic heterocycles. The molecule has 0 bridgehead atoms. The summed E-state index contributed by atoms with van der Waals surface area (Å²) in [6, 6.07) is 8.69. The maximum atomic E-state index is 5.94. The Bertz CT molecular complexity index is 625. The number of benzene rings is 1. The molecule has 1 aliphatic carbocycles. The third-order valence-electron chi connectivity index (χ3n) is 4.79.